The number of nitrogens with two attached hydrogens (primary N) is 2. The summed E-state index contributed by atoms with van der Waals surface area (Å²) in [7, 11) is 0. The quantitative estimate of drug-likeness (QED) is 0.893. The molecule has 3 rings (SSSR count). The molecule has 0 aliphatic carbocycles. The molecule has 2 aromatic rings. The number of benzene rings is 2. The predicted octanol–water partition coefficient (Wildman–Crippen LogP) is 2.12. The van der Waals surface area contributed by atoms with Crippen molar-refractivity contribution in [1.29, 1.82) is 0 Å². The average molecular weight is 268 g/mol. The van der Waals surface area contributed by atoms with Gasteiger partial charge >= 0.3 is 0 Å². The first kappa shape index (κ1) is 13.2. The Kier molecular flexibility index (Phi) is 3.72. The molecule has 1 atom stereocenters. The molecule has 0 saturated heterocycles. The Bertz CT molecular complexity index is 610. The Morgan fingerprint density at radius 3 is 2.75 bits per heavy atom. The van der Waals surface area contributed by atoms with Crippen LogP contribution in [-0.4, -0.2) is 19.2 Å². The first-order valence-electron chi connectivity index (χ1n) is 7.10. The summed E-state index contributed by atoms with van der Waals surface area (Å²) in [5.74, 6) is 0.993. The highest BCUT2D eigenvalue weighted by Crippen LogP contribution is 2.38. The van der Waals surface area contributed by atoms with Crippen LogP contribution in [0, 0.1) is 0 Å². The number of hydrogen-bond donors (Lipinski definition) is 2. The van der Waals surface area contributed by atoms with Crippen molar-refractivity contribution >= 4 is 0 Å². The largest absolute Gasteiger partial charge is 0.488 e. The Balaban J connectivity index is 2.00. The maximum absolute atomic E-state index is 5.99. The highest BCUT2D eigenvalue weighted by Gasteiger charge is 2.24. The first-order chi connectivity index (χ1) is 9.81. The molecule has 0 spiro atoms. The summed E-state index contributed by atoms with van der Waals surface area (Å²) in [4.78, 5) is 0. The minimum Gasteiger partial charge on any atom is -0.488 e. The summed E-state index contributed by atoms with van der Waals surface area (Å²) in [6.45, 7) is 1.23. The molecule has 1 heterocycles. The maximum Gasteiger partial charge on any atom is 0.130 e. The lowest BCUT2D eigenvalue weighted by Gasteiger charge is -2.11. The fourth-order valence-corrected chi connectivity index (χ4v) is 2.76. The van der Waals surface area contributed by atoms with Gasteiger partial charge in [-0.2, -0.15) is 0 Å². The van der Waals surface area contributed by atoms with E-state index in [1.807, 2.05) is 0 Å². The van der Waals surface area contributed by atoms with Crippen LogP contribution >= 0.6 is 0 Å². The van der Waals surface area contributed by atoms with Gasteiger partial charge < -0.3 is 16.2 Å². The summed E-state index contributed by atoms with van der Waals surface area (Å²) >= 11 is 0. The number of fused-ring (bicyclic) bond motifs is 1. The second-order valence-corrected chi connectivity index (χ2v) is 5.21. The lowest BCUT2D eigenvalue weighted by atomic mass is 9.98. The van der Waals surface area contributed by atoms with E-state index in [1.165, 1.54) is 16.7 Å². The molecule has 0 amide bonds. The number of rotatable bonds is 4. The molecule has 3 heteroatoms. The van der Waals surface area contributed by atoms with Gasteiger partial charge in [-0.3, -0.25) is 0 Å². The monoisotopic (exact) mass is 268 g/mol. The molecule has 0 fully saturated rings. The van der Waals surface area contributed by atoms with E-state index in [4.69, 9.17) is 16.2 Å². The van der Waals surface area contributed by atoms with E-state index in [1.54, 1.807) is 0 Å². The fourth-order valence-electron chi connectivity index (χ4n) is 2.76. The van der Waals surface area contributed by atoms with Crippen LogP contribution in [0.25, 0.3) is 11.1 Å². The molecular formula is C17H20N2O. The van der Waals surface area contributed by atoms with Crippen LogP contribution in [-0.2, 0) is 12.8 Å². The predicted molar refractivity (Wildman–Crippen MR) is 81.8 cm³/mol. The molecule has 0 bridgehead atoms. The summed E-state index contributed by atoms with van der Waals surface area (Å²) in [6.07, 6.45) is 1.91. The van der Waals surface area contributed by atoms with Crippen molar-refractivity contribution in [2.24, 2.45) is 11.5 Å². The van der Waals surface area contributed by atoms with E-state index in [-0.39, 0.29) is 6.10 Å². The molecule has 20 heavy (non-hydrogen) atoms. The smallest absolute Gasteiger partial charge is 0.130 e. The third-order valence-electron chi connectivity index (χ3n) is 3.76. The minimum absolute atomic E-state index is 0.110. The second-order valence-electron chi connectivity index (χ2n) is 5.21. The molecular weight excluding hydrogens is 248 g/mol. The summed E-state index contributed by atoms with van der Waals surface area (Å²) in [6, 6.07) is 14.8. The molecule has 0 saturated carbocycles. The van der Waals surface area contributed by atoms with Gasteiger partial charge in [0.05, 0.1) is 0 Å². The van der Waals surface area contributed by atoms with Crippen LogP contribution in [0.2, 0.25) is 0 Å². The number of hydrogen-bond acceptors (Lipinski definition) is 3. The summed E-state index contributed by atoms with van der Waals surface area (Å²) in [5.41, 5.74) is 16.2. The van der Waals surface area contributed by atoms with Gasteiger partial charge in [0.2, 0.25) is 0 Å². The van der Waals surface area contributed by atoms with Crippen molar-refractivity contribution in [3.63, 3.8) is 0 Å². The Morgan fingerprint density at radius 1 is 1.10 bits per heavy atom. The standard InChI is InChI=1S/C17H20N2O/c18-8-7-12-3-1-4-13(9-12)16-6-2-5-14-10-15(11-19)20-17(14)16/h1-6,9,15H,7-8,10-11,18-19H2/t15-/m1/s1. The molecule has 1 aliphatic heterocycles. The van der Waals surface area contributed by atoms with Crippen molar-refractivity contribution in [2.45, 2.75) is 18.9 Å². The molecule has 1 aliphatic rings. The first-order valence-corrected chi connectivity index (χ1v) is 7.10. The van der Waals surface area contributed by atoms with Gasteiger partial charge in [0.25, 0.3) is 0 Å². The minimum atomic E-state index is 0.110. The molecule has 3 nitrogen and oxygen atoms in total. The van der Waals surface area contributed by atoms with Crippen LogP contribution in [0.1, 0.15) is 11.1 Å². The van der Waals surface area contributed by atoms with Crippen LogP contribution in [0.15, 0.2) is 42.5 Å². The van der Waals surface area contributed by atoms with Gasteiger partial charge in [-0.25, -0.2) is 0 Å². The molecule has 0 aromatic heterocycles. The lowest BCUT2D eigenvalue weighted by Crippen LogP contribution is -2.24. The van der Waals surface area contributed by atoms with Gasteiger partial charge in [-0.15, -0.1) is 0 Å². The normalized spacial score (nSPS) is 16.8. The van der Waals surface area contributed by atoms with E-state index < -0.39 is 0 Å². The topological polar surface area (TPSA) is 61.3 Å². The van der Waals surface area contributed by atoms with Gasteiger partial charge in [0.1, 0.15) is 11.9 Å². The summed E-state index contributed by atoms with van der Waals surface area (Å²) < 4.78 is 5.99. The van der Waals surface area contributed by atoms with Crippen molar-refractivity contribution in [1.82, 2.24) is 0 Å². The Hall–Kier alpha value is -1.84. The lowest BCUT2D eigenvalue weighted by molar-refractivity contribution is 0.242. The molecule has 2 aromatic carbocycles. The van der Waals surface area contributed by atoms with Crippen LogP contribution in [0.3, 0.4) is 0 Å². The van der Waals surface area contributed by atoms with Crippen LogP contribution < -0.4 is 16.2 Å². The van der Waals surface area contributed by atoms with Gasteiger partial charge in [-0.1, -0.05) is 42.5 Å². The molecule has 4 N–H and O–H groups in total. The zero-order chi connectivity index (χ0) is 13.9. The highest BCUT2D eigenvalue weighted by atomic mass is 16.5. The van der Waals surface area contributed by atoms with Crippen molar-refractivity contribution < 1.29 is 4.74 Å². The van der Waals surface area contributed by atoms with Gasteiger partial charge in [-0.05, 0) is 29.7 Å². The molecule has 0 unspecified atom stereocenters. The van der Waals surface area contributed by atoms with E-state index in [9.17, 15) is 0 Å². The Labute approximate surface area is 119 Å². The SMILES string of the molecule is NCCc1cccc(-c2cccc3c2O[C@@H](CN)C3)c1. The van der Waals surface area contributed by atoms with Crippen molar-refractivity contribution in [3.8, 4) is 16.9 Å². The molecule has 104 valence electrons. The van der Waals surface area contributed by atoms with Crippen LogP contribution in [0.4, 0.5) is 0 Å². The van der Waals surface area contributed by atoms with Crippen molar-refractivity contribution in [3.05, 3.63) is 53.6 Å². The highest BCUT2D eigenvalue weighted by molar-refractivity contribution is 5.73. The summed E-state index contributed by atoms with van der Waals surface area (Å²) in [5, 5.41) is 0. The fraction of sp³-hybridized carbons (Fsp3) is 0.294. The van der Waals surface area contributed by atoms with E-state index in [0.717, 1.165) is 24.2 Å². The Morgan fingerprint density at radius 2 is 1.95 bits per heavy atom. The van der Waals surface area contributed by atoms with Gasteiger partial charge in [0.15, 0.2) is 0 Å². The number of ether oxygens (including phenoxy) is 1. The number of para-hydroxylation sites is 1. The van der Waals surface area contributed by atoms with E-state index in [0.29, 0.717) is 13.1 Å². The third kappa shape index (κ3) is 2.42. The van der Waals surface area contributed by atoms with Gasteiger partial charge in [0, 0.05) is 18.5 Å². The zero-order valence-electron chi connectivity index (χ0n) is 11.5. The molecule has 0 radical (unpaired) electrons. The third-order valence-corrected chi connectivity index (χ3v) is 3.76. The van der Waals surface area contributed by atoms with E-state index >= 15 is 0 Å². The van der Waals surface area contributed by atoms with E-state index in [2.05, 4.69) is 42.5 Å². The van der Waals surface area contributed by atoms with Crippen LogP contribution in [0.5, 0.6) is 5.75 Å². The average Bonchev–Trinajstić information content (AvgIpc) is 2.91. The maximum atomic E-state index is 5.99. The second kappa shape index (κ2) is 5.65. The van der Waals surface area contributed by atoms with Crippen molar-refractivity contribution in [2.75, 3.05) is 13.1 Å². The zero-order valence-corrected chi connectivity index (χ0v) is 11.5.